The summed E-state index contributed by atoms with van der Waals surface area (Å²) in [7, 11) is 0. The number of anilines is 2. The zero-order valence-electron chi connectivity index (χ0n) is 18.5. The monoisotopic (exact) mass is 493 g/mol. The van der Waals surface area contributed by atoms with E-state index >= 15 is 0 Å². The number of aliphatic imine (C=N–C) groups is 1. The van der Waals surface area contributed by atoms with E-state index in [1.54, 1.807) is 35.6 Å². The number of hydrogen-bond donors (Lipinski definition) is 2. The van der Waals surface area contributed by atoms with Crippen molar-refractivity contribution in [2.24, 2.45) is 4.99 Å². The highest BCUT2D eigenvalue weighted by Gasteiger charge is 2.33. The van der Waals surface area contributed by atoms with Gasteiger partial charge in [-0.1, -0.05) is 11.8 Å². The molecule has 8 nitrogen and oxygen atoms in total. The minimum Gasteiger partial charge on any atom is -0.351 e. The van der Waals surface area contributed by atoms with E-state index in [0.717, 1.165) is 46.3 Å². The summed E-state index contributed by atoms with van der Waals surface area (Å²) < 4.78 is 1.02. The van der Waals surface area contributed by atoms with Crippen LogP contribution in [-0.4, -0.2) is 51.1 Å². The van der Waals surface area contributed by atoms with Crippen LogP contribution in [0.15, 0.2) is 47.5 Å². The molecule has 1 fully saturated rings. The Morgan fingerprint density at radius 3 is 2.56 bits per heavy atom. The van der Waals surface area contributed by atoms with Gasteiger partial charge in [0.1, 0.15) is 5.25 Å². The van der Waals surface area contributed by atoms with Crippen molar-refractivity contribution in [3.8, 4) is 0 Å². The number of aryl methyl sites for hydroxylation is 1. The number of nitrogens with one attached hydrogen (secondary N) is 2. The molecule has 1 saturated heterocycles. The van der Waals surface area contributed by atoms with Gasteiger partial charge in [-0.3, -0.25) is 14.4 Å². The first kappa shape index (κ1) is 22.5. The van der Waals surface area contributed by atoms with Gasteiger partial charge in [-0.2, -0.15) is 4.99 Å². The molecule has 5 rings (SSSR count). The van der Waals surface area contributed by atoms with E-state index in [-0.39, 0.29) is 24.1 Å². The lowest BCUT2D eigenvalue weighted by atomic mass is 10.1. The third-order valence-electron chi connectivity index (χ3n) is 5.66. The molecule has 34 heavy (non-hydrogen) atoms. The fraction of sp³-hybridized carbons (Fsp3) is 0.292. The molecule has 0 spiro atoms. The predicted molar refractivity (Wildman–Crippen MR) is 137 cm³/mol. The standard InChI is InChI=1S/C24H23N5O3S2/c1-14-25-18-9-8-17(12-19(18)33-14)27-22(31)15-4-6-16(7-5-15)26-21(30)13-20-23(32)28-24(34-20)29-10-2-3-11-29/h4-9,12,20H,2-3,10-11,13H2,1H3,(H,26,30)(H,27,31). The van der Waals surface area contributed by atoms with Crippen molar-refractivity contribution in [2.45, 2.75) is 31.4 Å². The number of benzene rings is 2. The Bertz CT molecular complexity index is 1300. The molecule has 0 saturated carbocycles. The fourth-order valence-corrected chi connectivity index (χ4v) is 5.94. The number of amides is 3. The maximum absolute atomic E-state index is 12.6. The van der Waals surface area contributed by atoms with Gasteiger partial charge in [-0.25, -0.2) is 4.98 Å². The van der Waals surface area contributed by atoms with Crippen LogP contribution in [0.2, 0.25) is 0 Å². The molecule has 3 amide bonds. The third-order valence-corrected chi connectivity index (χ3v) is 7.81. The first-order valence-electron chi connectivity index (χ1n) is 11.1. The second-order valence-electron chi connectivity index (χ2n) is 8.23. The van der Waals surface area contributed by atoms with Crippen molar-refractivity contribution in [3.63, 3.8) is 0 Å². The summed E-state index contributed by atoms with van der Waals surface area (Å²) in [4.78, 5) is 48.0. The van der Waals surface area contributed by atoms with E-state index < -0.39 is 5.25 Å². The maximum Gasteiger partial charge on any atom is 0.262 e. The van der Waals surface area contributed by atoms with Crippen LogP contribution in [0.25, 0.3) is 10.2 Å². The molecular formula is C24H23N5O3S2. The topological polar surface area (TPSA) is 104 Å². The number of carbonyl (C=O) groups is 3. The quantitative estimate of drug-likeness (QED) is 0.550. The molecule has 2 aromatic carbocycles. The van der Waals surface area contributed by atoms with Crippen LogP contribution in [0.3, 0.4) is 0 Å². The molecule has 10 heteroatoms. The van der Waals surface area contributed by atoms with Crippen molar-refractivity contribution in [1.82, 2.24) is 9.88 Å². The Balaban J connectivity index is 1.15. The van der Waals surface area contributed by atoms with Crippen LogP contribution in [0.1, 0.15) is 34.6 Å². The van der Waals surface area contributed by atoms with E-state index in [1.807, 2.05) is 25.1 Å². The minimum atomic E-state index is -0.486. The van der Waals surface area contributed by atoms with E-state index in [4.69, 9.17) is 0 Å². The number of nitrogens with zero attached hydrogens (tertiary/aromatic N) is 3. The van der Waals surface area contributed by atoms with Crippen LogP contribution in [-0.2, 0) is 9.59 Å². The van der Waals surface area contributed by atoms with Gasteiger partial charge in [-0.05, 0) is 62.2 Å². The Morgan fingerprint density at radius 2 is 1.79 bits per heavy atom. The molecule has 1 unspecified atom stereocenters. The number of thiazole rings is 1. The van der Waals surface area contributed by atoms with Gasteiger partial charge >= 0.3 is 0 Å². The molecule has 1 atom stereocenters. The average Bonchev–Trinajstić information content (AvgIpc) is 3.54. The second kappa shape index (κ2) is 9.55. The number of amidine groups is 1. The Labute approximate surface area is 204 Å². The Kier molecular flexibility index (Phi) is 6.34. The fourth-order valence-electron chi connectivity index (χ4n) is 3.96. The summed E-state index contributed by atoms with van der Waals surface area (Å²) in [5, 5.41) is 6.93. The van der Waals surface area contributed by atoms with Gasteiger partial charge in [0, 0.05) is 36.4 Å². The number of hydrogen-bond acceptors (Lipinski definition) is 7. The predicted octanol–water partition coefficient (Wildman–Crippen LogP) is 4.28. The maximum atomic E-state index is 12.6. The molecule has 0 aliphatic carbocycles. The minimum absolute atomic E-state index is 0.0616. The Hall–Kier alpha value is -3.24. The van der Waals surface area contributed by atoms with Crippen molar-refractivity contribution < 1.29 is 14.4 Å². The van der Waals surface area contributed by atoms with E-state index in [0.29, 0.717) is 16.9 Å². The van der Waals surface area contributed by atoms with Gasteiger partial charge in [-0.15, -0.1) is 11.3 Å². The first-order valence-corrected chi connectivity index (χ1v) is 12.8. The van der Waals surface area contributed by atoms with Gasteiger partial charge < -0.3 is 15.5 Å². The van der Waals surface area contributed by atoms with Crippen LogP contribution in [0.4, 0.5) is 11.4 Å². The zero-order chi connectivity index (χ0) is 23.7. The van der Waals surface area contributed by atoms with Gasteiger partial charge in [0.25, 0.3) is 11.8 Å². The van der Waals surface area contributed by atoms with Crippen molar-refractivity contribution >= 4 is 67.6 Å². The molecule has 2 aliphatic heterocycles. The molecule has 0 bridgehead atoms. The highest BCUT2D eigenvalue weighted by Crippen LogP contribution is 2.29. The molecular weight excluding hydrogens is 470 g/mol. The lowest BCUT2D eigenvalue weighted by Gasteiger charge is -2.16. The van der Waals surface area contributed by atoms with Gasteiger partial charge in [0.2, 0.25) is 5.91 Å². The summed E-state index contributed by atoms with van der Waals surface area (Å²) in [6.45, 7) is 3.78. The van der Waals surface area contributed by atoms with Crippen LogP contribution >= 0.6 is 23.1 Å². The van der Waals surface area contributed by atoms with E-state index in [2.05, 4.69) is 25.5 Å². The molecule has 0 radical (unpaired) electrons. The summed E-state index contributed by atoms with van der Waals surface area (Å²) in [5.41, 5.74) is 2.66. The van der Waals surface area contributed by atoms with E-state index in [1.165, 1.54) is 11.8 Å². The average molecular weight is 494 g/mol. The molecule has 2 N–H and O–H groups in total. The van der Waals surface area contributed by atoms with Crippen molar-refractivity contribution in [3.05, 3.63) is 53.0 Å². The zero-order valence-corrected chi connectivity index (χ0v) is 20.2. The Morgan fingerprint density at radius 1 is 1.06 bits per heavy atom. The normalized spacial score (nSPS) is 17.8. The second-order valence-corrected chi connectivity index (χ2v) is 10.6. The number of rotatable bonds is 5. The molecule has 2 aliphatic rings. The molecule has 1 aromatic heterocycles. The van der Waals surface area contributed by atoms with Crippen LogP contribution in [0, 0.1) is 6.92 Å². The number of fused-ring (bicyclic) bond motifs is 1. The largest absolute Gasteiger partial charge is 0.351 e. The highest BCUT2D eigenvalue weighted by molar-refractivity contribution is 8.15. The summed E-state index contributed by atoms with van der Waals surface area (Å²) in [6.07, 6.45) is 2.27. The van der Waals surface area contributed by atoms with Gasteiger partial charge in [0.05, 0.1) is 15.2 Å². The third kappa shape index (κ3) is 4.97. The van der Waals surface area contributed by atoms with Crippen molar-refractivity contribution in [1.29, 1.82) is 0 Å². The van der Waals surface area contributed by atoms with Crippen molar-refractivity contribution in [2.75, 3.05) is 23.7 Å². The molecule has 3 heterocycles. The SMILES string of the molecule is Cc1nc2ccc(NC(=O)c3ccc(NC(=O)CC4SC(N5CCCC5)=NC4=O)cc3)cc2s1. The van der Waals surface area contributed by atoms with Gasteiger partial charge in [0.15, 0.2) is 5.17 Å². The van der Waals surface area contributed by atoms with Crippen LogP contribution < -0.4 is 10.6 Å². The van der Waals surface area contributed by atoms with E-state index in [9.17, 15) is 14.4 Å². The number of thioether (sulfide) groups is 1. The number of aromatic nitrogens is 1. The lowest BCUT2D eigenvalue weighted by Crippen LogP contribution is -2.25. The smallest absolute Gasteiger partial charge is 0.262 e. The van der Waals surface area contributed by atoms with Crippen LogP contribution in [0.5, 0.6) is 0 Å². The highest BCUT2D eigenvalue weighted by atomic mass is 32.2. The lowest BCUT2D eigenvalue weighted by molar-refractivity contribution is -0.121. The summed E-state index contributed by atoms with van der Waals surface area (Å²) >= 11 is 2.95. The number of carbonyl (C=O) groups excluding carboxylic acids is 3. The summed E-state index contributed by atoms with van der Waals surface area (Å²) in [6, 6.07) is 12.3. The summed E-state index contributed by atoms with van der Waals surface area (Å²) in [5.74, 6) is -0.743. The number of likely N-dealkylation sites (tertiary alicyclic amines) is 1. The molecule has 3 aromatic rings. The first-order chi connectivity index (χ1) is 16.4. The molecule has 174 valence electrons.